The van der Waals surface area contributed by atoms with E-state index < -0.39 is 4.92 Å². The summed E-state index contributed by atoms with van der Waals surface area (Å²) in [5, 5.41) is 23.0. The molecule has 5 nitrogen and oxygen atoms in total. The van der Waals surface area contributed by atoms with Crippen LogP contribution >= 0.6 is 0 Å². The molecule has 5 heteroatoms. The van der Waals surface area contributed by atoms with Crippen LogP contribution in [0.2, 0.25) is 0 Å². The summed E-state index contributed by atoms with van der Waals surface area (Å²) in [6.45, 7) is 3.12. The summed E-state index contributed by atoms with van der Waals surface area (Å²) < 4.78 is 0. The standard InChI is InChI=1S/C15H19N3O2/c1-11-2-4-12(5-3-11)10-17-15-7-6-14(18(19)20)8-13(15)9-16/h6-8,11-12,17H,2-5,10H2,1H3. The lowest BCUT2D eigenvalue weighted by Gasteiger charge is -2.26. The summed E-state index contributed by atoms with van der Waals surface area (Å²) >= 11 is 0. The van der Waals surface area contributed by atoms with Crippen molar-refractivity contribution in [3.8, 4) is 6.07 Å². The summed E-state index contributed by atoms with van der Waals surface area (Å²) in [5.41, 5.74) is 0.985. The second-order valence-corrected chi connectivity index (χ2v) is 5.61. The quantitative estimate of drug-likeness (QED) is 0.670. The van der Waals surface area contributed by atoms with Gasteiger partial charge in [0, 0.05) is 18.7 Å². The molecular formula is C15H19N3O2. The average molecular weight is 273 g/mol. The molecule has 1 saturated carbocycles. The third-order valence-corrected chi connectivity index (χ3v) is 4.05. The van der Waals surface area contributed by atoms with Gasteiger partial charge >= 0.3 is 0 Å². The van der Waals surface area contributed by atoms with Gasteiger partial charge in [-0.2, -0.15) is 5.26 Å². The molecule has 0 aromatic heterocycles. The van der Waals surface area contributed by atoms with Crippen molar-refractivity contribution in [2.24, 2.45) is 11.8 Å². The first-order valence-corrected chi connectivity index (χ1v) is 7.02. The molecule has 1 aliphatic carbocycles. The third kappa shape index (κ3) is 3.47. The van der Waals surface area contributed by atoms with Gasteiger partial charge in [0.2, 0.25) is 0 Å². The molecule has 0 saturated heterocycles. The van der Waals surface area contributed by atoms with Gasteiger partial charge < -0.3 is 5.32 Å². The van der Waals surface area contributed by atoms with Crippen molar-refractivity contribution < 1.29 is 4.92 Å². The molecule has 0 amide bonds. The Kier molecular flexibility index (Phi) is 4.57. The second-order valence-electron chi connectivity index (χ2n) is 5.61. The van der Waals surface area contributed by atoms with Gasteiger partial charge in [0.25, 0.3) is 5.69 Å². The third-order valence-electron chi connectivity index (χ3n) is 4.05. The minimum Gasteiger partial charge on any atom is -0.384 e. The Morgan fingerprint density at radius 2 is 2.10 bits per heavy atom. The molecule has 1 aromatic carbocycles. The van der Waals surface area contributed by atoms with Gasteiger partial charge in [-0.25, -0.2) is 0 Å². The number of hydrogen-bond donors (Lipinski definition) is 1. The first-order valence-electron chi connectivity index (χ1n) is 7.02. The molecule has 1 fully saturated rings. The fourth-order valence-corrected chi connectivity index (χ4v) is 2.68. The molecule has 0 spiro atoms. The number of non-ortho nitro benzene ring substituents is 1. The summed E-state index contributed by atoms with van der Waals surface area (Å²) in [6.07, 6.45) is 4.95. The average Bonchev–Trinajstić information content (AvgIpc) is 2.46. The van der Waals surface area contributed by atoms with E-state index in [1.165, 1.54) is 37.8 Å². The van der Waals surface area contributed by atoms with Gasteiger partial charge in [0.05, 0.1) is 16.2 Å². The molecular weight excluding hydrogens is 254 g/mol. The number of benzene rings is 1. The van der Waals surface area contributed by atoms with Crippen molar-refractivity contribution in [3.05, 3.63) is 33.9 Å². The fourth-order valence-electron chi connectivity index (χ4n) is 2.68. The van der Waals surface area contributed by atoms with Gasteiger partial charge in [-0.15, -0.1) is 0 Å². The van der Waals surface area contributed by atoms with E-state index in [0.29, 0.717) is 17.2 Å². The van der Waals surface area contributed by atoms with Crippen molar-refractivity contribution in [1.29, 1.82) is 5.26 Å². The Morgan fingerprint density at radius 1 is 1.40 bits per heavy atom. The first-order chi connectivity index (χ1) is 9.60. The van der Waals surface area contributed by atoms with Crippen LogP contribution in [0.25, 0.3) is 0 Å². The number of nitrogens with one attached hydrogen (secondary N) is 1. The van der Waals surface area contributed by atoms with Crippen LogP contribution in [-0.4, -0.2) is 11.5 Å². The summed E-state index contributed by atoms with van der Waals surface area (Å²) in [4.78, 5) is 10.2. The van der Waals surface area contributed by atoms with E-state index in [2.05, 4.69) is 12.2 Å². The van der Waals surface area contributed by atoms with E-state index >= 15 is 0 Å². The van der Waals surface area contributed by atoms with E-state index in [-0.39, 0.29) is 5.69 Å². The Morgan fingerprint density at radius 3 is 2.70 bits per heavy atom. The Balaban J connectivity index is 1.99. The van der Waals surface area contributed by atoms with Crippen molar-refractivity contribution >= 4 is 11.4 Å². The molecule has 1 N–H and O–H groups in total. The van der Waals surface area contributed by atoms with Crippen LogP contribution in [0, 0.1) is 33.3 Å². The predicted octanol–water partition coefficient (Wildman–Crippen LogP) is 3.70. The molecule has 20 heavy (non-hydrogen) atoms. The zero-order valence-electron chi connectivity index (χ0n) is 11.6. The molecule has 0 heterocycles. The number of rotatable bonds is 4. The van der Waals surface area contributed by atoms with Crippen LogP contribution < -0.4 is 5.32 Å². The van der Waals surface area contributed by atoms with Crippen molar-refractivity contribution in [2.75, 3.05) is 11.9 Å². The molecule has 0 aliphatic heterocycles. The Hall–Kier alpha value is -2.09. The number of nitrogens with zero attached hydrogens (tertiary/aromatic N) is 2. The molecule has 1 aliphatic rings. The van der Waals surface area contributed by atoms with Crippen LogP contribution in [0.15, 0.2) is 18.2 Å². The van der Waals surface area contributed by atoms with E-state index in [9.17, 15) is 10.1 Å². The van der Waals surface area contributed by atoms with Crippen LogP contribution in [0.1, 0.15) is 38.2 Å². The first kappa shape index (κ1) is 14.3. The fraction of sp³-hybridized carbons (Fsp3) is 0.533. The summed E-state index contributed by atoms with van der Waals surface area (Å²) in [6, 6.07) is 6.41. The normalized spacial score (nSPS) is 22.0. The van der Waals surface area contributed by atoms with Gasteiger partial charge in [-0.1, -0.05) is 19.8 Å². The number of nitro groups is 1. The van der Waals surface area contributed by atoms with Crippen LogP contribution in [0.5, 0.6) is 0 Å². The van der Waals surface area contributed by atoms with E-state index in [4.69, 9.17) is 5.26 Å². The molecule has 0 radical (unpaired) electrons. The van der Waals surface area contributed by atoms with E-state index in [0.717, 1.165) is 12.5 Å². The van der Waals surface area contributed by atoms with Crippen molar-refractivity contribution in [1.82, 2.24) is 0 Å². The lowest BCUT2D eigenvalue weighted by molar-refractivity contribution is -0.384. The van der Waals surface area contributed by atoms with Crippen molar-refractivity contribution in [2.45, 2.75) is 32.6 Å². The zero-order valence-corrected chi connectivity index (χ0v) is 11.6. The highest BCUT2D eigenvalue weighted by Gasteiger charge is 2.18. The van der Waals surface area contributed by atoms with E-state index in [1.807, 2.05) is 6.07 Å². The lowest BCUT2D eigenvalue weighted by Crippen LogP contribution is -2.20. The minimum absolute atomic E-state index is 0.0430. The maximum Gasteiger partial charge on any atom is 0.270 e. The molecule has 0 unspecified atom stereocenters. The van der Waals surface area contributed by atoms with Crippen LogP contribution in [0.4, 0.5) is 11.4 Å². The van der Waals surface area contributed by atoms with E-state index in [1.54, 1.807) is 6.07 Å². The van der Waals surface area contributed by atoms with Crippen LogP contribution in [-0.2, 0) is 0 Å². The molecule has 1 aromatic rings. The summed E-state index contributed by atoms with van der Waals surface area (Å²) in [7, 11) is 0. The SMILES string of the molecule is CC1CCC(CNc2ccc([N+](=O)[O-])cc2C#N)CC1. The second kappa shape index (κ2) is 6.38. The van der Waals surface area contributed by atoms with Gasteiger partial charge in [-0.3, -0.25) is 10.1 Å². The smallest absolute Gasteiger partial charge is 0.270 e. The number of hydrogen-bond acceptors (Lipinski definition) is 4. The molecule has 0 atom stereocenters. The highest BCUT2D eigenvalue weighted by atomic mass is 16.6. The van der Waals surface area contributed by atoms with Crippen LogP contribution in [0.3, 0.4) is 0 Å². The molecule has 106 valence electrons. The van der Waals surface area contributed by atoms with Gasteiger partial charge in [0.1, 0.15) is 6.07 Å². The number of nitriles is 1. The maximum absolute atomic E-state index is 10.7. The molecule has 0 bridgehead atoms. The highest BCUT2D eigenvalue weighted by Crippen LogP contribution is 2.29. The summed E-state index contributed by atoms with van der Waals surface area (Å²) in [5.74, 6) is 1.45. The Bertz CT molecular complexity index is 528. The lowest BCUT2D eigenvalue weighted by atomic mass is 9.83. The number of nitro benzene ring substituents is 1. The Labute approximate surface area is 118 Å². The zero-order chi connectivity index (χ0) is 14.5. The van der Waals surface area contributed by atoms with Gasteiger partial charge in [-0.05, 0) is 30.7 Å². The number of anilines is 1. The van der Waals surface area contributed by atoms with Gasteiger partial charge in [0.15, 0.2) is 0 Å². The largest absolute Gasteiger partial charge is 0.384 e. The molecule has 2 rings (SSSR count). The monoisotopic (exact) mass is 273 g/mol. The predicted molar refractivity (Wildman–Crippen MR) is 77.4 cm³/mol. The topological polar surface area (TPSA) is 79.0 Å². The minimum atomic E-state index is -0.479. The van der Waals surface area contributed by atoms with Crippen molar-refractivity contribution in [3.63, 3.8) is 0 Å². The maximum atomic E-state index is 10.7. The highest BCUT2D eigenvalue weighted by molar-refractivity contribution is 5.61.